The lowest BCUT2D eigenvalue weighted by molar-refractivity contribution is 0.00724. The maximum atomic E-state index is 14.0. The molecule has 0 aliphatic carbocycles. The second-order valence-electron chi connectivity index (χ2n) is 20.6. The molecule has 0 unspecified atom stereocenters. The van der Waals surface area contributed by atoms with Crippen LogP contribution in [0, 0.1) is 0 Å². The molecule has 5 rings (SSSR count). The second-order valence-corrected chi connectivity index (χ2v) is 20.6. The number of methoxy groups -OCH3 is 2. The number of phenolic OH excluding ortho intramolecular Hbond substituents is 1. The quantitative estimate of drug-likeness (QED) is 0.113. The van der Waals surface area contributed by atoms with Crippen LogP contribution in [-0.4, -0.2) is 151 Å². The van der Waals surface area contributed by atoms with Gasteiger partial charge in [0.15, 0.2) is 0 Å². The number of likely N-dealkylation sites (tertiary alicyclic amines) is 2. The van der Waals surface area contributed by atoms with Crippen molar-refractivity contribution in [1.82, 2.24) is 19.6 Å². The summed E-state index contributed by atoms with van der Waals surface area (Å²) in [7, 11) is 3.28. The number of carbonyl (C=O) groups is 4. The third-order valence-electron chi connectivity index (χ3n) is 11.5. The van der Waals surface area contributed by atoms with E-state index in [1.54, 1.807) is 47.1 Å². The number of phenols is 1. The maximum Gasteiger partial charge on any atom is 0.410 e. The van der Waals surface area contributed by atoms with Gasteiger partial charge in [-0.2, -0.15) is 0 Å². The molecule has 72 heavy (non-hydrogen) atoms. The van der Waals surface area contributed by atoms with Gasteiger partial charge >= 0.3 is 12.2 Å². The number of piperidine rings is 2. The second kappa shape index (κ2) is 29.1. The topological polar surface area (TPSA) is 166 Å². The molecule has 402 valence electrons. The van der Waals surface area contributed by atoms with Gasteiger partial charge in [0.2, 0.25) is 0 Å². The molecule has 4 amide bonds. The van der Waals surface area contributed by atoms with Gasteiger partial charge in [0, 0.05) is 102 Å². The third kappa shape index (κ3) is 20.0. The molecule has 3 aromatic carbocycles. The molecule has 2 aliphatic heterocycles. The number of benzene rings is 3. The van der Waals surface area contributed by atoms with Crippen molar-refractivity contribution in [3.05, 3.63) is 83.4 Å². The monoisotopic (exact) mass is 1010 g/mol. The summed E-state index contributed by atoms with van der Waals surface area (Å²) in [4.78, 5) is 59.9. The molecule has 2 fully saturated rings. The number of hydrogen-bond donors (Lipinski definition) is 1. The minimum Gasteiger partial charge on any atom is -0.508 e. The van der Waals surface area contributed by atoms with Crippen molar-refractivity contribution in [1.29, 1.82) is 0 Å². The minimum atomic E-state index is -0.572. The zero-order valence-electron chi connectivity index (χ0n) is 44.5. The molecule has 1 N–H and O–H groups in total. The number of rotatable bonds is 19. The molecule has 2 atom stereocenters. The fourth-order valence-electron chi connectivity index (χ4n) is 8.47. The van der Waals surface area contributed by atoms with Crippen molar-refractivity contribution in [2.75, 3.05) is 66.8 Å². The predicted octanol–water partition coefficient (Wildman–Crippen LogP) is 10.6. The van der Waals surface area contributed by atoms with Gasteiger partial charge in [0.05, 0.1) is 25.3 Å². The van der Waals surface area contributed by atoms with Crippen molar-refractivity contribution in [3.63, 3.8) is 0 Å². The van der Waals surface area contributed by atoms with Gasteiger partial charge in [-0.05, 0) is 125 Å². The van der Waals surface area contributed by atoms with Crippen LogP contribution in [0.4, 0.5) is 9.59 Å². The van der Waals surface area contributed by atoms with Crippen molar-refractivity contribution < 1.29 is 57.4 Å². The first-order chi connectivity index (χ1) is 33.6. The van der Waals surface area contributed by atoms with Crippen LogP contribution < -0.4 is 14.2 Å². The highest BCUT2D eigenvalue weighted by atomic mass is 16.6. The van der Waals surface area contributed by atoms with Crippen LogP contribution in [-0.2, 0) is 25.6 Å². The number of carbonyl (C=O) groups excluding carboxylic acids is 4. The van der Waals surface area contributed by atoms with E-state index in [4.69, 9.17) is 33.2 Å². The molecule has 2 heterocycles. The summed E-state index contributed by atoms with van der Waals surface area (Å²) in [5.41, 5.74) is 0.737. The first-order valence-electron chi connectivity index (χ1n) is 25.1. The number of amides is 4. The summed E-state index contributed by atoms with van der Waals surface area (Å²) in [5.74, 6) is 1.23. The minimum absolute atomic E-state index is 0. The van der Waals surface area contributed by atoms with Crippen LogP contribution in [0.5, 0.6) is 23.0 Å². The Morgan fingerprint density at radius 3 is 1.44 bits per heavy atom. The number of nitrogens with zero attached hydrogens (tertiary/aromatic N) is 4. The lowest BCUT2D eigenvalue weighted by atomic mass is 10.0. The van der Waals surface area contributed by atoms with Gasteiger partial charge in [-0.25, -0.2) is 9.59 Å². The lowest BCUT2D eigenvalue weighted by Crippen LogP contribution is -2.54. The summed E-state index contributed by atoms with van der Waals surface area (Å²) in [5, 5.41) is 10.2. The van der Waals surface area contributed by atoms with E-state index < -0.39 is 11.2 Å². The van der Waals surface area contributed by atoms with E-state index in [0.717, 1.165) is 37.7 Å². The molecule has 0 saturated carbocycles. The normalized spacial score (nSPS) is 15.9. The van der Waals surface area contributed by atoms with E-state index in [1.165, 1.54) is 12.1 Å². The summed E-state index contributed by atoms with van der Waals surface area (Å²) in [6, 6.07) is 19.4. The van der Waals surface area contributed by atoms with E-state index in [-0.39, 0.29) is 61.3 Å². The highest BCUT2D eigenvalue weighted by Gasteiger charge is 2.36. The third-order valence-corrected chi connectivity index (χ3v) is 11.5. The summed E-state index contributed by atoms with van der Waals surface area (Å²) < 4.78 is 39.0. The molecule has 16 heteroatoms. The smallest absolute Gasteiger partial charge is 0.410 e. The van der Waals surface area contributed by atoms with Crippen LogP contribution in [0.3, 0.4) is 0 Å². The maximum absolute atomic E-state index is 14.0. The Balaban J connectivity index is 0.000000382. The number of aromatic hydroxyl groups is 1. The molecular weight excluding hydrogens is 921 g/mol. The van der Waals surface area contributed by atoms with Gasteiger partial charge in [0.1, 0.15) is 40.8 Å². The van der Waals surface area contributed by atoms with Gasteiger partial charge in [-0.3, -0.25) is 9.59 Å². The Morgan fingerprint density at radius 2 is 1.03 bits per heavy atom. The van der Waals surface area contributed by atoms with Crippen molar-refractivity contribution in [2.45, 2.75) is 157 Å². The zero-order chi connectivity index (χ0) is 52.3. The fraction of sp³-hybridized carbons (Fsp3) is 0.607. The Morgan fingerprint density at radius 1 is 0.611 bits per heavy atom. The largest absolute Gasteiger partial charge is 0.508 e. The van der Waals surface area contributed by atoms with Crippen LogP contribution >= 0.6 is 0 Å². The summed E-state index contributed by atoms with van der Waals surface area (Å²) in [6.07, 6.45) is 3.93. The van der Waals surface area contributed by atoms with E-state index in [0.29, 0.717) is 94.0 Å². The van der Waals surface area contributed by atoms with Crippen molar-refractivity contribution in [3.8, 4) is 23.0 Å². The van der Waals surface area contributed by atoms with Crippen molar-refractivity contribution in [2.24, 2.45) is 0 Å². The predicted molar refractivity (Wildman–Crippen MR) is 280 cm³/mol. The highest BCUT2D eigenvalue weighted by molar-refractivity contribution is 5.96. The molecular formula is C56H86N4O12. The highest BCUT2D eigenvalue weighted by Crippen LogP contribution is 2.30. The van der Waals surface area contributed by atoms with Crippen LogP contribution in [0.15, 0.2) is 66.7 Å². The van der Waals surface area contributed by atoms with E-state index >= 15 is 0 Å². The molecule has 0 spiro atoms. The standard InChI is InChI=1S/C31H44N2O6.C24H38N2O6.CH4/c1-23(2)33(26-14-10-15-32(21-26)30(35)39-31(3,4)5)29(34)25-18-27(37-17-11-16-36-6)20-28(19-25)38-22-24-12-8-7-9-13-24;1-17(2)26(19-9-7-10-25(16-19)23(29)32-24(3,4)5)22(28)18-13-20(27)15-21(14-18)31-12-8-11-30-6;/h7-9,12-13,18-20,23,26H,10-11,14-17,21-22H2,1-6H3;13-15,17,19,27H,7-12,16H2,1-6H3;1H4/t26-;19-;/m11./s1. The number of ether oxygens (including phenoxy) is 7. The average molecular weight is 1010 g/mol. The summed E-state index contributed by atoms with van der Waals surface area (Å²) in [6.45, 7) is 23.5. The van der Waals surface area contributed by atoms with Gasteiger partial charge < -0.3 is 57.9 Å². The molecule has 3 aromatic rings. The Hall–Kier alpha value is -5.74. The van der Waals surface area contributed by atoms with Gasteiger partial charge in [-0.1, -0.05) is 37.8 Å². The van der Waals surface area contributed by atoms with Gasteiger partial charge in [-0.15, -0.1) is 0 Å². The molecule has 0 bridgehead atoms. The van der Waals surface area contributed by atoms with Crippen LogP contribution in [0.1, 0.15) is 141 Å². The Labute approximate surface area is 430 Å². The van der Waals surface area contributed by atoms with E-state index in [2.05, 4.69) is 0 Å². The van der Waals surface area contributed by atoms with E-state index in [1.807, 2.05) is 111 Å². The molecule has 0 aromatic heterocycles. The van der Waals surface area contributed by atoms with Crippen molar-refractivity contribution >= 4 is 24.0 Å². The SMILES string of the molecule is C.COCCCOc1cc(O)cc(C(=O)N(C(C)C)[C@@H]2CCCN(C(=O)OC(C)(C)C)C2)c1.COCCCOc1cc(OCc2ccccc2)cc(C(=O)N(C(C)C)[C@@H]2CCCN(C(=O)OC(C)(C)C)C2)c1. The molecule has 16 nitrogen and oxygen atoms in total. The lowest BCUT2D eigenvalue weighted by Gasteiger charge is -2.41. The molecule has 2 aliphatic rings. The molecule has 0 radical (unpaired) electrons. The number of hydrogen-bond acceptors (Lipinski definition) is 12. The average Bonchev–Trinajstić information content (AvgIpc) is 3.30. The molecule has 2 saturated heterocycles. The van der Waals surface area contributed by atoms with Crippen LogP contribution in [0.25, 0.3) is 0 Å². The first-order valence-corrected chi connectivity index (χ1v) is 25.1. The first kappa shape index (κ1) is 60.6. The Bertz CT molecular complexity index is 2140. The van der Waals surface area contributed by atoms with Crippen LogP contribution in [0.2, 0.25) is 0 Å². The van der Waals surface area contributed by atoms with E-state index in [9.17, 15) is 24.3 Å². The Kier molecular flexibility index (Phi) is 24.5. The summed E-state index contributed by atoms with van der Waals surface area (Å²) >= 11 is 0. The zero-order valence-corrected chi connectivity index (χ0v) is 44.5. The van der Waals surface area contributed by atoms with Gasteiger partial charge in [0.25, 0.3) is 11.8 Å². The fourth-order valence-corrected chi connectivity index (χ4v) is 8.47.